The van der Waals surface area contributed by atoms with Crippen molar-refractivity contribution in [3.63, 3.8) is 0 Å². The number of cyclic esters (lactones) is 1. The lowest BCUT2D eigenvalue weighted by molar-refractivity contribution is -0.0406. The molecule has 17 heavy (non-hydrogen) atoms. The van der Waals surface area contributed by atoms with E-state index in [-0.39, 0.29) is 0 Å². The average Bonchev–Trinajstić information content (AvgIpc) is 2.24. The number of rotatable bonds is 1. The fourth-order valence-corrected chi connectivity index (χ4v) is 2.38. The number of nitrogens with one attached hydrogen (secondary N) is 1. The summed E-state index contributed by atoms with van der Waals surface area (Å²) in [6.07, 6.45) is -2.34. The Hall–Kier alpha value is -0.970. The van der Waals surface area contributed by atoms with Crippen LogP contribution in [0.5, 0.6) is 0 Å². The number of ether oxygens (including phenoxy) is 1. The zero-order valence-electron chi connectivity index (χ0n) is 8.98. The second kappa shape index (κ2) is 4.72. The van der Waals surface area contributed by atoms with Crippen molar-refractivity contribution in [2.24, 2.45) is 0 Å². The topological polar surface area (TPSA) is 58.6 Å². The third kappa shape index (κ3) is 2.34. The molecule has 1 aromatic carbocycles. The van der Waals surface area contributed by atoms with Gasteiger partial charge in [0.1, 0.15) is 6.10 Å². The molecular weight excluding hydrogens is 265 g/mol. The van der Waals surface area contributed by atoms with E-state index in [1.165, 1.54) is 0 Å². The van der Waals surface area contributed by atoms with Crippen molar-refractivity contribution in [2.45, 2.75) is 25.2 Å². The minimum absolute atomic E-state index is 0.364. The minimum Gasteiger partial charge on any atom is -0.438 e. The van der Waals surface area contributed by atoms with Crippen LogP contribution in [-0.4, -0.2) is 23.3 Å². The van der Waals surface area contributed by atoms with Crippen molar-refractivity contribution in [1.82, 2.24) is 5.32 Å². The van der Waals surface area contributed by atoms with Crippen LogP contribution in [0.25, 0.3) is 0 Å². The van der Waals surface area contributed by atoms with Gasteiger partial charge in [0, 0.05) is 15.6 Å². The van der Waals surface area contributed by atoms with E-state index < -0.39 is 24.3 Å². The number of hydrogen-bond acceptors (Lipinski definition) is 3. The van der Waals surface area contributed by atoms with Crippen LogP contribution >= 0.6 is 23.2 Å². The van der Waals surface area contributed by atoms with Gasteiger partial charge in [-0.25, -0.2) is 4.79 Å². The summed E-state index contributed by atoms with van der Waals surface area (Å²) in [5, 5.41) is 13.2. The molecule has 1 saturated heterocycles. The maximum absolute atomic E-state index is 11.3. The van der Waals surface area contributed by atoms with Crippen molar-refractivity contribution >= 4 is 29.3 Å². The van der Waals surface area contributed by atoms with Gasteiger partial charge in [0.15, 0.2) is 6.10 Å². The summed E-state index contributed by atoms with van der Waals surface area (Å²) in [6, 6.07) is 4.53. The first kappa shape index (κ1) is 12.5. The normalized spacial score (nSPS) is 28.5. The van der Waals surface area contributed by atoms with Gasteiger partial charge in [-0.2, -0.15) is 0 Å². The smallest absolute Gasteiger partial charge is 0.408 e. The van der Waals surface area contributed by atoms with Gasteiger partial charge in [-0.1, -0.05) is 29.3 Å². The molecule has 0 spiro atoms. The standard InChI is InChI=1S/C11H11Cl2NO3/c1-5-9(15)10(17-11(16)14-5)8-6(12)3-2-4-7(8)13/h2-5,9-10,15H,1H3,(H,14,16)/t5?,9-,10-/m1/s1. The second-order valence-corrected chi connectivity index (χ2v) is 4.70. The first-order valence-electron chi connectivity index (χ1n) is 5.10. The molecule has 1 fully saturated rings. The number of carbonyl (C=O) groups excluding carboxylic acids is 1. The zero-order chi connectivity index (χ0) is 12.6. The third-order valence-corrected chi connectivity index (χ3v) is 3.35. The number of aliphatic hydroxyl groups is 1. The monoisotopic (exact) mass is 275 g/mol. The van der Waals surface area contributed by atoms with Crippen LogP contribution in [0.3, 0.4) is 0 Å². The van der Waals surface area contributed by atoms with Crippen molar-refractivity contribution in [3.8, 4) is 0 Å². The maximum atomic E-state index is 11.3. The van der Waals surface area contributed by atoms with Gasteiger partial charge in [0.2, 0.25) is 0 Å². The molecular formula is C11H11Cl2NO3. The van der Waals surface area contributed by atoms with Gasteiger partial charge in [0.05, 0.1) is 6.04 Å². The molecule has 1 aliphatic heterocycles. The Balaban J connectivity index is 2.41. The van der Waals surface area contributed by atoms with Crippen molar-refractivity contribution in [3.05, 3.63) is 33.8 Å². The quantitative estimate of drug-likeness (QED) is 0.828. The molecule has 0 aromatic heterocycles. The summed E-state index contributed by atoms with van der Waals surface area (Å²) in [6.45, 7) is 1.68. The van der Waals surface area contributed by atoms with E-state index in [4.69, 9.17) is 27.9 Å². The van der Waals surface area contributed by atoms with Crippen molar-refractivity contribution < 1.29 is 14.6 Å². The lowest BCUT2D eigenvalue weighted by atomic mass is 9.98. The largest absolute Gasteiger partial charge is 0.438 e. The zero-order valence-corrected chi connectivity index (χ0v) is 10.5. The second-order valence-electron chi connectivity index (χ2n) is 3.88. The SMILES string of the molecule is CC1NC(=O)O[C@H](c2c(Cl)cccc2Cl)[C@@H]1O. The molecule has 3 atom stereocenters. The summed E-state index contributed by atoms with van der Waals surface area (Å²) >= 11 is 12.0. The van der Waals surface area contributed by atoms with Crippen LogP contribution in [0, 0.1) is 0 Å². The number of carbonyl (C=O) groups is 1. The van der Waals surface area contributed by atoms with Gasteiger partial charge in [0.25, 0.3) is 0 Å². The van der Waals surface area contributed by atoms with Crippen molar-refractivity contribution in [2.75, 3.05) is 0 Å². The number of benzene rings is 1. The van der Waals surface area contributed by atoms with E-state index in [0.717, 1.165) is 0 Å². The van der Waals surface area contributed by atoms with Gasteiger partial charge in [-0.05, 0) is 19.1 Å². The summed E-state index contributed by atoms with van der Waals surface area (Å²) in [5.41, 5.74) is 0.435. The third-order valence-electron chi connectivity index (χ3n) is 2.69. The molecule has 0 saturated carbocycles. The molecule has 1 heterocycles. The van der Waals surface area contributed by atoms with Gasteiger partial charge < -0.3 is 15.2 Å². The number of halogens is 2. The van der Waals surface area contributed by atoms with Crippen LogP contribution in [0.2, 0.25) is 10.0 Å². The molecule has 92 valence electrons. The molecule has 4 nitrogen and oxygen atoms in total. The molecule has 0 bridgehead atoms. The summed E-state index contributed by atoms with van der Waals surface area (Å²) in [5.74, 6) is 0. The van der Waals surface area contributed by atoms with Crippen LogP contribution < -0.4 is 5.32 Å². The molecule has 1 amide bonds. The molecule has 1 aromatic rings. The highest BCUT2D eigenvalue weighted by Gasteiger charge is 2.37. The summed E-state index contributed by atoms with van der Waals surface area (Å²) < 4.78 is 5.05. The van der Waals surface area contributed by atoms with Crippen LogP contribution in [-0.2, 0) is 4.74 Å². The van der Waals surface area contributed by atoms with Crippen molar-refractivity contribution in [1.29, 1.82) is 0 Å². The highest BCUT2D eigenvalue weighted by molar-refractivity contribution is 6.36. The Labute approximate surface area is 108 Å². The molecule has 0 radical (unpaired) electrons. The molecule has 0 aliphatic carbocycles. The molecule has 6 heteroatoms. The van der Waals surface area contributed by atoms with Gasteiger partial charge >= 0.3 is 6.09 Å². The Morgan fingerprint density at radius 2 is 1.94 bits per heavy atom. The maximum Gasteiger partial charge on any atom is 0.408 e. The predicted octanol–water partition coefficient (Wildman–Crippen LogP) is 2.52. The Kier molecular flexibility index (Phi) is 3.47. The molecule has 1 aliphatic rings. The highest BCUT2D eigenvalue weighted by atomic mass is 35.5. The first-order chi connectivity index (χ1) is 8.00. The van der Waals surface area contributed by atoms with Crippen LogP contribution in [0.4, 0.5) is 4.79 Å². The summed E-state index contributed by atoms with van der Waals surface area (Å²) in [7, 11) is 0. The van der Waals surface area contributed by atoms with E-state index >= 15 is 0 Å². The number of aliphatic hydroxyl groups excluding tert-OH is 1. The highest BCUT2D eigenvalue weighted by Crippen LogP contribution is 2.36. The summed E-state index contributed by atoms with van der Waals surface area (Å²) in [4.78, 5) is 11.3. The van der Waals surface area contributed by atoms with E-state index in [1.807, 2.05) is 0 Å². The lowest BCUT2D eigenvalue weighted by Gasteiger charge is -2.34. The molecule has 2 N–H and O–H groups in total. The lowest BCUT2D eigenvalue weighted by Crippen LogP contribution is -2.51. The number of alkyl carbamates (subject to hydrolysis) is 1. The van der Waals surface area contributed by atoms with Crippen LogP contribution in [0.1, 0.15) is 18.6 Å². The molecule has 2 rings (SSSR count). The van der Waals surface area contributed by atoms with E-state index in [2.05, 4.69) is 5.32 Å². The molecule has 1 unspecified atom stereocenters. The van der Waals surface area contributed by atoms with E-state index in [1.54, 1.807) is 25.1 Å². The average molecular weight is 276 g/mol. The number of hydrogen-bond donors (Lipinski definition) is 2. The Morgan fingerprint density at radius 1 is 1.35 bits per heavy atom. The fraction of sp³-hybridized carbons (Fsp3) is 0.364. The predicted molar refractivity (Wildman–Crippen MR) is 64.3 cm³/mol. The first-order valence-corrected chi connectivity index (χ1v) is 5.85. The van der Waals surface area contributed by atoms with E-state index in [9.17, 15) is 9.90 Å². The van der Waals surface area contributed by atoms with Gasteiger partial charge in [-0.15, -0.1) is 0 Å². The fourth-order valence-electron chi connectivity index (χ4n) is 1.76. The van der Waals surface area contributed by atoms with Crippen LogP contribution in [0.15, 0.2) is 18.2 Å². The van der Waals surface area contributed by atoms with E-state index in [0.29, 0.717) is 15.6 Å². The van der Waals surface area contributed by atoms with Gasteiger partial charge in [-0.3, -0.25) is 0 Å². The Bertz CT molecular complexity index is 432. The minimum atomic E-state index is -0.898. The Morgan fingerprint density at radius 3 is 2.53 bits per heavy atom. The number of amides is 1.